The van der Waals surface area contributed by atoms with Gasteiger partial charge in [-0.15, -0.1) is 0 Å². The Hall–Kier alpha value is -3.03. The molecule has 3 aromatic rings. The Kier molecular flexibility index (Phi) is 6.84. The molecule has 8 heteroatoms. The van der Waals surface area contributed by atoms with Crippen molar-refractivity contribution in [1.82, 2.24) is 10.3 Å². The Labute approximate surface area is 204 Å². The lowest BCUT2D eigenvalue weighted by atomic mass is 9.91. The van der Waals surface area contributed by atoms with Gasteiger partial charge in [-0.2, -0.15) is 8.78 Å². The van der Waals surface area contributed by atoms with Gasteiger partial charge in [-0.3, -0.25) is 4.79 Å². The highest BCUT2D eigenvalue weighted by molar-refractivity contribution is 5.79. The van der Waals surface area contributed by atoms with Crippen LogP contribution >= 0.6 is 0 Å². The summed E-state index contributed by atoms with van der Waals surface area (Å²) in [5.41, 5.74) is 2.91. The van der Waals surface area contributed by atoms with E-state index in [2.05, 4.69) is 10.3 Å². The predicted octanol–water partition coefficient (Wildman–Crippen LogP) is 6.43. The molecule has 4 rings (SSSR count). The molecule has 1 fully saturated rings. The number of aromatic nitrogens is 2. The van der Waals surface area contributed by atoms with E-state index in [1.807, 2.05) is 45.9 Å². The minimum Gasteiger partial charge on any atom is -0.496 e. The summed E-state index contributed by atoms with van der Waals surface area (Å²) in [6, 6.07) is 7.17. The van der Waals surface area contributed by atoms with Crippen LogP contribution in [0.15, 0.2) is 33.3 Å². The van der Waals surface area contributed by atoms with Crippen molar-refractivity contribution in [2.75, 3.05) is 7.11 Å². The van der Waals surface area contributed by atoms with Gasteiger partial charge in [0.2, 0.25) is 11.5 Å². The van der Waals surface area contributed by atoms with E-state index < -0.39 is 22.9 Å². The number of benzene rings is 1. The van der Waals surface area contributed by atoms with Gasteiger partial charge in [0.15, 0.2) is 0 Å². The third kappa shape index (κ3) is 5.46. The molecule has 0 aliphatic heterocycles. The fourth-order valence-corrected chi connectivity index (χ4v) is 4.13. The van der Waals surface area contributed by atoms with E-state index in [0.29, 0.717) is 29.8 Å². The number of methoxy groups -OCH3 is 1. The molecule has 1 aliphatic rings. The summed E-state index contributed by atoms with van der Waals surface area (Å²) in [7, 11) is 1.61. The lowest BCUT2D eigenvalue weighted by Crippen LogP contribution is -2.16. The van der Waals surface area contributed by atoms with E-state index in [9.17, 15) is 4.79 Å². The van der Waals surface area contributed by atoms with Crippen LogP contribution in [0, 0.1) is 6.92 Å². The van der Waals surface area contributed by atoms with Crippen molar-refractivity contribution in [1.29, 1.82) is 0 Å². The highest BCUT2D eigenvalue weighted by Gasteiger charge is 2.49. The smallest absolute Gasteiger partial charge is 0.366 e. The van der Waals surface area contributed by atoms with Crippen LogP contribution < -0.4 is 4.74 Å². The maximum atomic E-state index is 15.4. The first-order chi connectivity index (χ1) is 16.5. The molecule has 6 nitrogen and oxygen atoms in total. The molecule has 0 spiro atoms. The standard InChI is InChI=1S/C27H32F2N2O4/c1-16-6-7-17(21(14-16)33-5)10-11-19(32)12-13-20-24(18-8-9-18)25(35-30-20)27(28,29)23-15-22(31-34-23)26(2,3)4/h6-7,14-15,18H,8-13H2,1-5H3. The van der Waals surface area contributed by atoms with Crippen LogP contribution in [0.3, 0.4) is 0 Å². The summed E-state index contributed by atoms with van der Waals surface area (Å²) < 4.78 is 46.5. The number of carbonyl (C=O) groups is 1. The topological polar surface area (TPSA) is 78.4 Å². The second-order valence-electron chi connectivity index (χ2n) is 10.4. The molecule has 0 unspecified atom stereocenters. The number of ketones is 1. The molecule has 188 valence electrons. The molecule has 2 heterocycles. The zero-order chi connectivity index (χ0) is 25.4. The zero-order valence-electron chi connectivity index (χ0n) is 20.9. The van der Waals surface area contributed by atoms with Gasteiger partial charge < -0.3 is 13.8 Å². The fourth-order valence-electron chi connectivity index (χ4n) is 4.13. The van der Waals surface area contributed by atoms with Gasteiger partial charge in [0.25, 0.3) is 0 Å². The summed E-state index contributed by atoms with van der Waals surface area (Å²) in [5.74, 6) is -3.78. The Morgan fingerprint density at radius 2 is 1.80 bits per heavy atom. The quantitative estimate of drug-likeness (QED) is 0.329. The second-order valence-corrected chi connectivity index (χ2v) is 10.4. The molecular formula is C27H32F2N2O4. The molecule has 1 aliphatic carbocycles. The Balaban J connectivity index is 1.46. The van der Waals surface area contributed by atoms with Crippen LogP contribution in [0.25, 0.3) is 0 Å². The molecule has 2 aromatic heterocycles. The normalized spacial score (nSPS) is 14.4. The average molecular weight is 487 g/mol. The molecular weight excluding hydrogens is 454 g/mol. The first-order valence-electron chi connectivity index (χ1n) is 12.0. The molecule has 1 saturated carbocycles. The number of halogens is 2. The van der Waals surface area contributed by atoms with Gasteiger partial charge in [0.05, 0.1) is 18.5 Å². The number of carbonyl (C=O) groups excluding carboxylic acids is 1. The number of alkyl halides is 2. The molecule has 0 radical (unpaired) electrons. The van der Waals surface area contributed by atoms with Crippen LogP contribution in [0.2, 0.25) is 0 Å². The van der Waals surface area contributed by atoms with Crippen molar-refractivity contribution in [3.8, 4) is 5.75 Å². The summed E-state index contributed by atoms with van der Waals surface area (Å²) in [5, 5.41) is 7.79. The largest absolute Gasteiger partial charge is 0.496 e. The maximum absolute atomic E-state index is 15.4. The number of nitrogens with zero attached hydrogens (tertiary/aromatic N) is 2. The first kappa shape index (κ1) is 25.1. The summed E-state index contributed by atoms with van der Waals surface area (Å²) in [6.45, 7) is 7.61. The lowest BCUT2D eigenvalue weighted by Gasteiger charge is -2.13. The van der Waals surface area contributed by atoms with E-state index in [0.717, 1.165) is 29.7 Å². The summed E-state index contributed by atoms with van der Waals surface area (Å²) >= 11 is 0. The van der Waals surface area contributed by atoms with E-state index in [-0.39, 0.29) is 24.5 Å². The van der Waals surface area contributed by atoms with E-state index in [1.165, 1.54) is 6.07 Å². The van der Waals surface area contributed by atoms with Crippen LogP contribution in [-0.4, -0.2) is 23.2 Å². The Morgan fingerprint density at radius 1 is 1.09 bits per heavy atom. The minimum atomic E-state index is -3.49. The number of rotatable bonds is 10. The molecule has 0 N–H and O–H groups in total. The van der Waals surface area contributed by atoms with Crippen LogP contribution in [0.5, 0.6) is 5.75 Å². The Morgan fingerprint density at radius 3 is 2.43 bits per heavy atom. The monoisotopic (exact) mass is 486 g/mol. The van der Waals surface area contributed by atoms with Gasteiger partial charge in [-0.05, 0) is 49.3 Å². The average Bonchev–Trinajstić information content (AvgIpc) is 3.32. The summed E-state index contributed by atoms with van der Waals surface area (Å²) in [4.78, 5) is 12.6. The van der Waals surface area contributed by atoms with Crippen molar-refractivity contribution in [3.05, 3.63) is 63.9 Å². The number of aryl methyl sites for hydroxylation is 3. The maximum Gasteiger partial charge on any atom is 0.366 e. The Bertz CT molecular complexity index is 1200. The highest BCUT2D eigenvalue weighted by Crippen LogP contribution is 2.49. The SMILES string of the molecule is COc1cc(C)ccc1CCC(=O)CCc1noc(C(F)(F)c2cc(C(C)(C)C)no2)c1C1CC1. The van der Waals surface area contributed by atoms with Crippen LogP contribution in [0.4, 0.5) is 8.78 Å². The number of ether oxygens (including phenoxy) is 1. The number of hydrogen-bond acceptors (Lipinski definition) is 6. The molecule has 0 bridgehead atoms. The van der Waals surface area contributed by atoms with Gasteiger partial charge in [0, 0.05) is 36.3 Å². The van der Waals surface area contributed by atoms with Gasteiger partial charge >= 0.3 is 5.92 Å². The van der Waals surface area contributed by atoms with Crippen molar-refractivity contribution in [2.45, 2.75) is 83.5 Å². The van der Waals surface area contributed by atoms with Crippen molar-refractivity contribution in [3.63, 3.8) is 0 Å². The van der Waals surface area contributed by atoms with E-state index in [4.69, 9.17) is 13.8 Å². The van der Waals surface area contributed by atoms with E-state index >= 15 is 8.78 Å². The minimum absolute atomic E-state index is 0.0333. The number of Topliss-reactive ketones (excluding diaryl/α,β-unsaturated/α-hetero) is 1. The third-order valence-corrected chi connectivity index (χ3v) is 6.42. The third-order valence-electron chi connectivity index (χ3n) is 6.42. The highest BCUT2D eigenvalue weighted by atomic mass is 19.3. The number of hydrogen-bond donors (Lipinski definition) is 0. The predicted molar refractivity (Wildman–Crippen MR) is 126 cm³/mol. The van der Waals surface area contributed by atoms with Crippen molar-refractivity contribution >= 4 is 5.78 Å². The molecule has 0 atom stereocenters. The van der Waals surface area contributed by atoms with E-state index in [1.54, 1.807) is 7.11 Å². The molecule has 0 amide bonds. The lowest BCUT2D eigenvalue weighted by molar-refractivity contribution is -0.119. The second kappa shape index (κ2) is 9.55. The van der Waals surface area contributed by atoms with Crippen molar-refractivity contribution in [2.24, 2.45) is 0 Å². The van der Waals surface area contributed by atoms with Gasteiger partial charge in [-0.25, -0.2) is 0 Å². The van der Waals surface area contributed by atoms with Gasteiger partial charge in [-0.1, -0.05) is 43.2 Å². The molecule has 35 heavy (non-hydrogen) atoms. The van der Waals surface area contributed by atoms with Gasteiger partial charge in [0.1, 0.15) is 11.5 Å². The molecule has 1 aromatic carbocycles. The molecule has 0 saturated heterocycles. The zero-order valence-corrected chi connectivity index (χ0v) is 20.9. The summed E-state index contributed by atoms with van der Waals surface area (Å²) in [6.07, 6.45) is 2.96. The van der Waals surface area contributed by atoms with Crippen molar-refractivity contribution < 1.29 is 27.4 Å². The fraction of sp³-hybridized carbons (Fsp3) is 0.519. The van der Waals surface area contributed by atoms with Crippen LogP contribution in [-0.2, 0) is 29.0 Å². The first-order valence-corrected chi connectivity index (χ1v) is 12.0. The van der Waals surface area contributed by atoms with Crippen LogP contribution in [0.1, 0.15) is 92.0 Å².